The van der Waals surface area contributed by atoms with Gasteiger partial charge in [-0.1, -0.05) is 13.8 Å². The molecular formula is C9H21N3. The van der Waals surface area contributed by atoms with Crippen molar-refractivity contribution in [3.05, 3.63) is 0 Å². The minimum absolute atomic E-state index is 0.368. The number of rotatable bonds is 5. The number of amidine groups is 1. The van der Waals surface area contributed by atoms with E-state index in [4.69, 9.17) is 5.41 Å². The van der Waals surface area contributed by atoms with Gasteiger partial charge in [0.1, 0.15) is 0 Å². The van der Waals surface area contributed by atoms with E-state index in [0.717, 1.165) is 19.5 Å². The van der Waals surface area contributed by atoms with Gasteiger partial charge >= 0.3 is 0 Å². The Morgan fingerprint density at radius 2 is 2.08 bits per heavy atom. The fraction of sp³-hybridized carbons (Fsp3) is 0.889. The Morgan fingerprint density at radius 3 is 2.50 bits per heavy atom. The molecule has 12 heavy (non-hydrogen) atoms. The molecule has 0 saturated carbocycles. The van der Waals surface area contributed by atoms with Crippen LogP contribution in [0.1, 0.15) is 20.3 Å². The first-order chi connectivity index (χ1) is 5.57. The van der Waals surface area contributed by atoms with Crippen molar-refractivity contribution >= 4 is 5.84 Å². The van der Waals surface area contributed by atoms with Crippen LogP contribution >= 0.6 is 0 Å². The minimum Gasteiger partial charge on any atom is -0.373 e. The van der Waals surface area contributed by atoms with Crippen LogP contribution < -0.4 is 5.32 Å². The predicted molar refractivity (Wildman–Crippen MR) is 53.7 cm³/mol. The lowest BCUT2D eigenvalue weighted by atomic mass is 10.1. The SMILES string of the molecule is CCC(C)C(=N)NCCN(C)C. The summed E-state index contributed by atoms with van der Waals surface area (Å²) < 4.78 is 0. The first-order valence-electron chi connectivity index (χ1n) is 4.55. The molecule has 0 aromatic heterocycles. The molecule has 0 radical (unpaired) electrons. The molecule has 0 bridgehead atoms. The highest BCUT2D eigenvalue weighted by molar-refractivity contribution is 5.80. The minimum atomic E-state index is 0.368. The lowest BCUT2D eigenvalue weighted by Crippen LogP contribution is -2.34. The van der Waals surface area contributed by atoms with Crippen molar-refractivity contribution in [1.29, 1.82) is 5.41 Å². The van der Waals surface area contributed by atoms with Gasteiger partial charge in [0.05, 0.1) is 5.84 Å². The molecule has 1 atom stereocenters. The van der Waals surface area contributed by atoms with Crippen molar-refractivity contribution in [3.8, 4) is 0 Å². The Morgan fingerprint density at radius 1 is 1.50 bits per heavy atom. The second-order valence-electron chi connectivity index (χ2n) is 3.45. The van der Waals surface area contributed by atoms with Crippen LogP contribution in [0, 0.1) is 11.3 Å². The molecule has 0 aliphatic carbocycles. The van der Waals surface area contributed by atoms with E-state index < -0.39 is 0 Å². The van der Waals surface area contributed by atoms with E-state index in [1.807, 2.05) is 14.1 Å². The Bertz CT molecular complexity index is 132. The van der Waals surface area contributed by atoms with Crippen molar-refractivity contribution in [2.45, 2.75) is 20.3 Å². The molecule has 0 aliphatic rings. The lowest BCUT2D eigenvalue weighted by molar-refractivity contribution is 0.411. The van der Waals surface area contributed by atoms with Gasteiger partial charge in [0, 0.05) is 19.0 Å². The van der Waals surface area contributed by atoms with E-state index in [2.05, 4.69) is 24.1 Å². The molecule has 0 fully saturated rings. The van der Waals surface area contributed by atoms with E-state index in [0.29, 0.717) is 11.8 Å². The summed E-state index contributed by atoms with van der Waals surface area (Å²) in [6.45, 7) is 6.03. The Kier molecular flexibility index (Phi) is 5.72. The Balaban J connectivity index is 3.44. The van der Waals surface area contributed by atoms with Crippen molar-refractivity contribution in [2.24, 2.45) is 5.92 Å². The van der Waals surface area contributed by atoms with Crippen LogP contribution in [0.5, 0.6) is 0 Å². The topological polar surface area (TPSA) is 39.1 Å². The smallest absolute Gasteiger partial charge is 0.0960 e. The molecule has 3 nitrogen and oxygen atoms in total. The molecule has 0 spiro atoms. The average Bonchev–Trinajstić information content (AvgIpc) is 2.02. The highest BCUT2D eigenvalue weighted by Gasteiger charge is 2.04. The van der Waals surface area contributed by atoms with Crippen molar-refractivity contribution in [3.63, 3.8) is 0 Å². The normalized spacial score (nSPS) is 13.1. The zero-order chi connectivity index (χ0) is 9.56. The summed E-state index contributed by atoms with van der Waals surface area (Å²) in [4.78, 5) is 2.11. The molecule has 0 amide bonds. The zero-order valence-corrected chi connectivity index (χ0v) is 8.65. The monoisotopic (exact) mass is 171 g/mol. The summed E-state index contributed by atoms with van der Waals surface area (Å²) in [7, 11) is 4.07. The van der Waals surface area contributed by atoms with E-state index in [9.17, 15) is 0 Å². The molecule has 2 N–H and O–H groups in total. The quantitative estimate of drug-likeness (QED) is 0.481. The summed E-state index contributed by atoms with van der Waals surface area (Å²) >= 11 is 0. The molecule has 0 aromatic rings. The van der Waals surface area contributed by atoms with Crippen LogP contribution in [0.4, 0.5) is 0 Å². The molecule has 0 aliphatic heterocycles. The highest BCUT2D eigenvalue weighted by atomic mass is 15.1. The maximum atomic E-state index is 7.61. The third-order valence-electron chi connectivity index (χ3n) is 1.98. The second-order valence-corrected chi connectivity index (χ2v) is 3.45. The lowest BCUT2D eigenvalue weighted by Gasteiger charge is -2.15. The van der Waals surface area contributed by atoms with Crippen LogP contribution in [-0.2, 0) is 0 Å². The van der Waals surface area contributed by atoms with Gasteiger partial charge in [0.25, 0.3) is 0 Å². The molecule has 0 saturated heterocycles. The molecule has 3 heteroatoms. The summed E-state index contributed by atoms with van der Waals surface area (Å²) in [6, 6.07) is 0. The van der Waals surface area contributed by atoms with Gasteiger partial charge in [-0.3, -0.25) is 5.41 Å². The molecule has 1 unspecified atom stereocenters. The van der Waals surface area contributed by atoms with Gasteiger partial charge in [-0.25, -0.2) is 0 Å². The number of hydrogen-bond acceptors (Lipinski definition) is 2. The van der Waals surface area contributed by atoms with Crippen LogP contribution in [-0.4, -0.2) is 37.9 Å². The molecule has 0 rings (SSSR count). The van der Waals surface area contributed by atoms with Crippen LogP contribution in [0.3, 0.4) is 0 Å². The Hall–Kier alpha value is -0.570. The second kappa shape index (κ2) is 6.00. The van der Waals surface area contributed by atoms with Crippen molar-refractivity contribution in [1.82, 2.24) is 10.2 Å². The van der Waals surface area contributed by atoms with Gasteiger partial charge in [-0.15, -0.1) is 0 Å². The van der Waals surface area contributed by atoms with Crippen LogP contribution in [0.2, 0.25) is 0 Å². The van der Waals surface area contributed by atoms with Gasteiger partial charge < -0.3 is 10.2 Å². The summed E-state index contributed by atoms with van der Waals surface area (Å²) in [5, 5.41) is 10.7. The first kappa shape index (κ1) is 11.4. The first-order valence-corrected chi connectivity index (χ1v) is 4.55. The van der Waals surface area contributed by atoms with Gasteiger partial charge in [0.15, 0.2) is 0 Å². The van der Waals surface area contributed by atoms with E-state index in [1.165, 1.54) is 0 Å². The number of hydrogen-bond donors (Lipinski definition) is 2. The van der Waals surface area contributed by atoms with Gasteiger partial charge in [-0.2, -0.15) is 0 Å². The number of nitrogens with zero attached hydrogens (tertiary/aromatic N) is 1. The molecule has 0 heterocycles. The third kappa shape index (κ3) is 5.13. The number of likely N-dealkylation sites (N-methyl/N-ethyl adjacent to an activating group) is 1. The summed E-state index contributed by atoms with van der Waals surface area (Å²) in [5.41, 5.74) is 0. The van der Waals surface area contributed by atoms with E-state index >= 15 is 0 Å². The highest BCUT2D eigenvalue weighted by Crippen LogP contribution is 1.99. The number of nitrogens with one attached hydrogen (secondary N) is 2. The predicted octanol–water partition coefficient (Wildman–Crippen LogP) is 1.16. The fourth-order valence-electron chi connectivity index (χ4n) is 0.793. The fourth-order valence-corrected chi connectivity index (χ4v) is 0.793. The molecular weight excluding hydrogens is 150 g/mol. The maximum absolute atomic E-state index is 7.61. The average molecular weight is 171 g/mol. The zero-order valence-electron chi connectivity index (χ0n) is 8.65. The van der Waals surface area contributed by atoms with Crippen molar-refractivity contribution < 1.29 is 0 Å². The molecule has 0 aromatic carbocycles. The third-order valence-corrected chi connectivity index (χ3v) is 1.98. The summed E-state index contributed by atoms with van der Waals surface area (Å²) in [5.74, 6) is 1.03. The van der Waals surface area contributed by atoms with Crippen LogP contribution in [0.15, 0.2) is 0 Å². The molecule has 72 valence electrons. The maximum Gasteiger partial charge on any atom is 0.0960 e. The van der Waals surface area contributed by atoms with E-state index in [1.54, 1.807) is 0 Å². The van der Waals surface area contributed by atoms with Gasteiger partial charge in [-0.05, 0) is 20.5 Å². The summed E-state index contributed by atoms with van der Waals surface area (Å²) in [6.07, 6.45) is 1.04. The van der Waals surface area contributed by atoms with Gasteiger partial charge in [0.2, 0.25) is 0 Å². The largest absolute Gasteiger partial charge is 0.373 e. The van der Waals surface area contributed by atoms with Crippen molar-refractivity contribution in [2.75, 3.05) is 27.2 Å². The van der Waals surface area contributed by atoms with Crippen LogP contribution in [0.25, 0.3) is 0 Å². The standard InChI is InChI=1S/C9H21N3/c1-5-8(2)9(10)11-6-7-12(3)4/h8H,5-7H2,1-4H3,(H2,10,11). The Labute approximate surface area is 75.7 Å². The van der Waals surface area contributed by atoms with E-state index in [-0.39, 0.29) is 0 Å².